The van der Waals surface area contributed by atoms with Gasteiger partial charge in [0.1, 0.15) is 0 Å². The van der Waals surface area contributed by atoms with Crippen molar-refractivity contribution >= 4 is 22.1 Å². The average molecular weight is 210 g/mol. The number of carbonyl (C=O) groups excluding carboxylic acids is 2. The Hall–Kier alpha value is -1.15. The van der Waals surface area contributed by atoms with Gasteiger partial charge < -0.3 is 19.8 Å². The molecule has 0 aliphatic rings. The van der Waals surface area contributed by atoms with Gasteiger partial charge in [-0.3, -0.25) is 4.55 Å². The molecule has 0 saturated heterocycles. The van der Waals surface area contributed by atoms with Gasteiger partial charge in [-0.25, -0.2) is 0 Å². The molecule has 7 nitrogen and oxygen atoms in total. The Bertz CT molecular complexity index is 303. The summed E-state index contributed by atoms with van der Waals surface area (Å²) in [6, 6.07) is 0. The molecule has 0 aromatic carbocycles. The lowest BCUT2D eigenvalue weighted by Crippen LogP contribution is -2.39. The number of hydrogen-bond donors (Lipinski definition) is 1. The second-order valence-electron chi connectivity index (χ2n) is 2.34. The zero-order valence-electron chi connectivity index (χ0n) is 6.30. The molecule has 76 valence electrons. The summed E-state index contributed by atoms with van der Waals surface area (Å²) in [7, 11) is -4.53. The lowest BCUT2D eigenvalue weighted by Gasteiger charge is -2.16. The first-order valence-electron chi connectivity index (χ1n) is 3.08. The topological polar surface area (TPSA) is 135 Å². The predicted molar refractivity (Wildman–Crippen MR) is 34.5 cm³/mol. The highest BCUT2D eigenvalue weighted by molar-refractivity contribution is 7.85. The van der Waals surface area contributed by atoms with E-state index in [1.807, 2.05) is 0 Å². The molecule has 1 unspecified atom stereocenters. The molecule has 0 rings (SSSR count). The Morgan fingerprint density at radius 1 is 1.31 bits per heavy atom. The van der Waals surface area contributed by atoms with Crippen LogP contribution in [-0.2, 0) is 19.7 Å². The van der Waals surface area contributed by atoms with Crippen LogP contribution in [0.2, 0.25) is 0 Å². The highest BCUT2D eigenvalue weighted by Crippen LogP contribution is 2.04. The molecule has 0 radical (unpaired) electrons. The number of aliphatic carboxylic acids is 2. The van der Waals surface area contributed by atoms with E-state index in [2.05, 4.69) is 0 Å². The summed E-state index contributed by atoms with van der Waals surface area (Å²) in [5, 5.41) is 20.1. The highest BCUT2D eigenvalue weighted by Gasteiger charge is 2.18. The number of carboxylic acid groups (broad SMARTS) is 2. The minimum atomic E-state index is -4.53. The minimum Gasteiger partial charge on any atom is -0.550 e. The lowest BCUT2D eigenvalue weighted by atomic mass is 10.1. The maximum atomic E-state index is 10.2. The second kappa shape index (κ2) is 4.19. The van der Waals surface area contributed by atoms with Crippen molar-refractivity contribution < 1.29 is 32.8 Å². The Morgan fingerprint density at radius 3 is 2.00 bits per heavy atom. The molecule has 13 heavy (non-hydrogen) atoms. The minimum absolute atomic E-state index is 1.01. The van der Waals surface area contributed by atoms with Gasteiger partial charge in [-0.1, -0.05) is 0 Å². The Labute approximate surface area is 73.7 Å². The van der Waals surface area contributed by atoms with E-state index in [4.69, 9.17) is 4.55 Å². The Morgan fingerprint density at radius 2 is 1.77 bits per heavy atom. The van der Waals surface area contributed by atoms with Crippen molar-refractivity contribution in [2.75, 3.05) is 5.75 Å². The van der Waals surface area contributed by atoms with E-state index in [1.165, 1.54) is 0 Å². The molecule has 0 aromatic rings. The van der Waals surface area contributed by atoms with Gasteiger partial charge in [-0.05, 0) is 6.42 Å². The first kappa shape index (κ1) is 11.8. The molecular formula is C5H6O7S-2. The van der Waals surface area contributed by atoms with Crippen LogP contribution in [0.5, 0.6) is 0 Å². The standard InChI is InChI=1S/C5H8O7S/c6-4(7)1-3(5(8)9)2-13(10,11)12/h3H,1-2H2,(H,6,7)(H,8,9)(H,10,11,12)/p-2. The summed E-state index contributed by atoms with van der Waals surface area (Å²) in [5.74, 6) is -6.57. The van der Waals surface area contributed by atoms with Crippen molar-refractivity contribution in [3.05, 3.63) is 0 Å². The van der Waals surface area contributed by atoms with Gasteiger partial charge in [-0.2, -0.15) is 8.42 Å². The molecular weight excluding hydrogens is 204 g/mol. The van der Waals surface area contributed by atoms with Crippen LogP contribution < -0.4 is 10.2 Å². The first-order valence-corrected chi connectivity index (χ1v) is 4.69. The number of hydrogen-bond acceptors (Lipinski definition) is 6. The summed E-state index contributed by atoms with van der Waals surface area (Å²) in [4.78, 5) is 20.1. The summed E-state index contributed by atoms with van der Waals surface area (Å²) in [6.45, 7) is 0. The molecule has 0 fully saturated rings. The highest BCUT2D eigenvalue weighted by atomic mass is 32.2. The van der Waals surface area contributed by atoms with Crippen LogP contribution in [0.15, 0.2) is 0 Å². The third-order valence-electron chi connectivity index (χ3n) is 1.16. The zero-order valence-corrected chi connectivity index (χ0v) is 7.11. The molecule has 1 atom stereocenters. The van der Waals surface area contributed by atoms with Crippen LogP contribution >= 0.6 is 0 Å². The Kier molecular flexibility index (Phi) is 3.82. The van der Waals surface area contributed by atoms with Gasteiger partial charge in [0, 0.05) is 17.9 Å². The summed E-state index contributed by atoms with van der Waals surface area (Å²) in [5.41, 5.74) is 0. The van der Waals surface area contributed by atoms with Crippen molar-refractivity contribution in [3.8, 4) is 0 Å². The SMILES string of the molecule is O=C([O-])CC(CS(=O)(=O)O)C(=O)[O-]. The first-order chi connectivity index (χ1) is 5.72. The smallest absolute Gasteiger partial charge is 0.265 e. The fourth-order valence-electron chi connectivity index (χ4n) is 0.666. The van der Waals surface area contributed by atoms with Gasteiger partial charge in [0.15, 0.2) is 0 Å². The quantitative estimate of drug-likeness (QED) is 0.462. The van der Waals surface area contributed by atoms with E-state index in [1.54, 1.807) is 0 Å². The van der Waals surface area contributed by atoms with Crippen molar-refractivity contribution in [1.82, 2.24) is 0 Å². The molecule has 0 spiro atoms. The average Bonchev–Trinajstić information content (AvgIpc) is 1.81. The molecule has 0 aliphatic carbocycles. The van der Waals surface area contributed by atoms with Gasteiger partial charge >= 0.3 is 0 Å². The lowest BCUT2D eigenvalue weighted by molar-refractivity contribution is -0.319. The molecule has 0 bridgehead atoms. The number of carbonyl (C=O) groups is 2. The van der Waals surface area contributed by atoms with Crippen molar-refractivity contribution in [1.29, 1.82) is 0 Å². The summed E-state index contributed by atoms with van der Waals surface area (Å²) in [6.07, 6.45) is -1.01. The number of carboxylic acids is 2. The maximum Gasteiger partial charge on any atom is 0.265 e. The van der Waals surface area contributed by atoms with Crippen LogP contribution in [0.3, 0.4) is 0 Å². The van der Waals surface area contributed by atoms with E-state index in [0.29, 0.717) is 0 Å². The van der Waals surface area contributed by atoms with E-state index in [-0.39, 0.29) is 0 Å². The van der Waals surface area contributed by atoms with Crippen LogP contribution in [0.1, 0.15) is 6.42 Å². The largest absolute Gasteiger partial charge is 0.550 e. The van der Waals surface area contributed by atoms with Crippen LogP contribution in [0.25, 0.3) is 0 Å². The van der Waals surface area contributed by atoms with Crippen molar-refractivity contribution in [3.63, 3.8) is 0 Å². The molecule has 0 amide bonds. The molecule has 0 saturated carbocycles. The molecule has 8 heteroatoms. The van der Waals surface area contributed by atoms with Crippen LogP contribution in [0.4, 0.5) is 0 Å². The summed E-state index contributed by atoms with van der Waals surface area (Å²) >= 11 is 0. The van der Waals surface area contributed by atoms with Gasteiger partial charge in [0.2, 0.25) is 0 Å². The third kappa shape index (κ3) is 6.05. The van der Waals surface area contributed by atoms with Crippen molar-refractivity contribution in [2.45, 2.75) is 6.42 Å². The third-order valence-corrected chi connectivity index (χ3v) is 1.98. The van der Waals surface area contributed by atoms with E-state index in [0.717, 1.165) is 0 Å². The van der Waals surface area contributed by atoms with Crippen LogP contribution in [0, 0.1) is 5.92 Å². The fourth-order valence-corrected chi connectivity index (χ4v) is 1.43. The van der Waals surface area contributed by atoms with Gasteiger partial charge in [-0.15, -0.1) is 0 Å². The molecule has 0 aliphatic heterocycles. The second-order valence-corrected chi connectivity index (χ2v) is 3.84. The zero-order chi connectivity index (χ0) is 10.6. The monoisotopic (exact) mass is 210 g/mol. The molecule has 0 aromatic heterocycles. The van der Waals surface area contributed by atoms with E-state index in [9.17, 15) is 28.2 Å². The van der Waals surface area contributed by atoms with E-state index >= 15 is 0 Å². The predicted octanol–water partition coefficient (Wildman–Crippen LogP) is -3.62. The molecule has 0 heterocycles. The Balaban J connectivity index is 4.45. The van der Waals surface area contributed by atoms with Gasteiger partial charge in [0.25, 0.3) is 10.1 Å². The van der Waals surface area contributed by atoms with Gasteiger partial charge in [0.05, 0.1) is 5.75 Å². The van der Waals surface area contributed by atoms with Crippen molar-refractivity contribution in [2.24, 2.45) is 5.92 Å². The summed E-state index contributed by atoms with van der Waals surface area (Å²) < 4.78 is 28.6. The van der Waals surface area contributed by atoms with E-state index < -0.39 is 40.1 Å². The number of rotatable bonds is 5. The molecule has 1 N–H and O–H groups in total. The fraction of sp³-hybridized carbons (Fsp3) is 0.600. The normalized spacial score (nSPS) is 13.6. The van der Waals surface area contributed by atoms with Crippen LogP contribution in [-0.4, -0.2) is 30.7 Å². The maximum absolute atomic E-state index is 10.2.